The smallest absolute Gasteiger partial charge is 0.344 e. The van der Waals surface area contributed by atoms with Crippen molar-refractivity contribution in [1.82, 2.24) is 4.90 Å². The zero-order valence-electron chi connectivity index (χ0n) is 14.7. The third-order valence-electron chi connectivity index (χ3n) is 4.59. The quantitative estimate of drug-likeness (QED) is 0.636. The minimum atomic E-state index is -0.551. The third kappa shape index (κ3) is 4.11. The van der Waals surface area contributed by atoms with Crippen molar-refractivity contribution in [2.24, 2.45) is 0 Å². The fourth-order valence-electron chi connectivity index (χ4n) is 3.14. The summed E-state index contributed by atoms with van der Waals surface area (Å²) in [4.78, 5) is 27.2. The Morgan fingerprint density at radius 2 is 1.89 bits per heavy atom. The van der Waals surface area contributed by atoms with Crippen LogP contribution in [-0.4, -0.2) is 36.5 Å². The number of rotatable bonds is 5. The van der Waals surface area contributed by atoms with Gasteiger partial charge in [0.1, 0.15) is 5.75 Å². The number of thiophene rings is 1. The Morgan fingerprint density at radius 3 is 2.78 bits per heavy atom. The zero-order valence-corrected chi connectivity index (χ0v) is 15.5. The molecule has 5 nitrogen and oxygen atoms in total. The molecule has 2 aromatic carbocycles. The van der Waals surface area contributed by atoms with Crippen LogP contribution in [0, 0.1) is 0 Å². The number of carbonyl (C=O) groups is 2. The molecule has 0 aliphatic carbocycles. The third-order valence-corrected chi connectivity index (χ3v) is 5.62. The van der Waals surface area contributed by atoms with Gasteiger partial charge in [-0.1, -0.05) is 30.3 Å². The molecule has 27 heavy (non-hydrogen) atoms. The fraction of sp³-hybridized carbons (Fsp3) is 0.238. The molecule has 1 aromatic heterocycles. The van der Waals surface area contributed by atoms with E-state index in [0.717, 1.165) is 17.2 Å². The first-order valence-electron chi connectivity index (χ1n) is 8.79. The summed E-state index contributed by atoms with van der Waals surface area (Å²) in [5, 5.41) is 4.19. The molecule has 6 heteroatoms. The number of fused-ring (bicyclic) bond motifs is 2. The van der Waals surface area contributed by atoms with Crippen molar-refractivity contribution < 1.29 is 19.1 Å². The van der Waals surface area contributed by atoms with Gasteiger partial charge in [0.15, 0.2) is 13.2 Å². The van der Waals surface area contributed by atoms with Crippen LogP contribution in [0.1, 0.15) is 10.4 Å². The van der Waals surface area contributed by atoms with E-state index in [0.29, 0.717) is 18.8 Å². The van der Waals surface area contributed by atoms with Crippen LogP contribution in [-0.2, 0) is 27.3 Å². The summed E-state index contributed by atoms with van der Waals surface area (Å²) in [5.74, 6) is -0.131. The summed E-state index contributed by atoms with van der Waals surface area (Å²) in [7, 11) is 0. The van der Waals surface area contributed by atoms with Crippen molar-refractivity contribution in [3.05, 3.63) is 64.4 Å². The van der Waals surface area contributed by atoms with Crippen LogP contribution in [0.15, 0.2) is 53.9 Å². The van der Waals surface area contributed by atoms with E-state index in [1.165, 1.54) is 10.4 Å². The number of benzene rings is 2. The van der Waals surface area contributed by atoms with E-state index in [1.807, 2.05) is 53.9 Å². The van der Waals surface area contributed by atoms with Gasteiger partial charge in [-0.05, 0) is 46.3 Å². The van der Waals surface area contributed by atoms with Crippen molar-refractivity contribution in [3.8, 4) is 5.75 Å². The van der Waals surface area contributed by atoms with Crippen molar-refractivity contribution in [3.63, 3.8) is 0 Å². The SMILES string of the molecule is O=C(COc1ccc2ccccc2c1)OCC(=O)N1CCc2sccc2C1. The highest BCUT2D eigenvalue weighted by molar-refractivity contribution is 7.10. The second kappa shape index (κ2) is 7.80. The molecule has 138 valence electrons. The Balaban J connectivity index is 1.25. The van der Waals surface area contributed by atoms with E-state index >= 15 is 0 Å². The number of nitrogens with zero attached hydrogens (tertiary/aromatic N) is 1. The molecule has 0 N–H and O–H groups in total. The summed E-state index contributed by atoms with van der Waals surface area (Å²) in [5.41, 5.74) is 1.19. The van der Waals surface area contributed by atoms with Crippen LogP contribution >= 0.6 is 11.3 Å². The molecule has 4 rings (SSSR count). The molecule has 0 saturated carbocycles. The second-order valence-electron chi connectivity index (χ2n) is 6.39. The number of hydrogen-bond acceptors (Lipinski definition) is 5. The molecule has 0 fully saturated rings. The monoisotopic (exact) mass is 381 g/mol. The Labute approximate surface area is 161 Å². The van der Waals surface area contributed by atoms with Crippen molar-refractivity contribution >= 4 is 34.0 Å². The lowest BCUT2D eigenvalue weighted by atomic mass is 10.1. The minimum absolute atomic E-state index is 0.175. The van der Waals surface area contributed by atoms with Crippen LogP contribution in [0.4, 0.5) is 0 Å². The predicted molar refractivity (Wildman–Crippen MR) is 104 cm³/mol. The van der Waals surface area contributed by atoms with Gasteiger partial charge in [-0.2, -0.15) is 0 Å². The van der Waals surface area contributed by atoms with Gasteiger partial charge in [0.25, 0.3) is 5.91 Å². The van der Waals surface area contributed by atoms with Crippen LogP contribution in [0.25, 0.3) is 10.8 Å². The predicted octanol–water partition coefficient (Wildman–Crippen LogP) is 3.41. The van der Waals surface area contributed by atoms with Gasteiger partial charge in [0.05, 0.1) is 0 Å². The number of ether oxygens (including phenoxy) is 2. The molecule has 1 aliphatic rings. The number of carbonyl (C=O) groups excluding carboxylic acids is 2. The van der Waals surface area contributed by atoms with E-state index < -0.39 is 5.97 Å². The maximum absolute atomic E-state index is 12.3. The zero-order chi connectivity index (χ0) is 18.6. The van der Waals surface area contributed by atoms with Crippen LogP contribution in [0.2, 0.25) is 0 Å². The Bertz CT molecular complexity index is 981. The van der Waals surface area contributed by atoms with Gasteiger partial charge in [-0.3, -0.25) is 4.79 Å². The highest BCUT2D eigenvalue weighted by Crippen LogP contribution is 2.24. The van der Waals surface area contributed by atoms with E-state index in [-0.39, 0.29) is 19.1 Å². The number of esters is 1. The summed E-state index contributed by atoms with van der Waals surface area (Å²) in [6.45, 7) is 0.778. The van der Waals surface area contributed by atoms with E-state index in [2.05, 4.69) is 0 Å². The molecular weight excluding hydrogens is 362 g/mol. The second-order valence-corrected chi connectivity index (χ2v) is 7.39. The first-order chi connectivity index (χ1) is 13.2. The van der Waals surface area contributed by atoms with Gasteiger partial charge >= 0.3 is 5.97 Å². The first kappa shape index (κ1) is 17.5. The molecule has 0 radical (unpaired) electrons. The van der Waals surface area contributed by atoms with Gasteiger partial charge in [-0.25, -0.2) is 4.79 Å². The molecule has 0 bridgehead atoms. The van der Waals surface area contributed by atoms with E-state index in [1.54, 1.807) is 16.2 Å². The maximum atomic E-state index is 12.3. The summed E-state index contributed by atoms with van der Waals surface area (Å²) in [6.07, 6.45) is 0.859. The average Bonchev–Trinajstić information content (AvgIpc) is 3.18. The van der Waals surface area contributed by atoms with Crippen molar-refractivity contribution in [2.45, 2.75) is 13.0 Å². The molecule has 0 spiro atoms. The highest BCUT2D eigenvalue weighted by Gasteiger charge is 2.22. The average molecular weight is 381 g/mol. The molecule has 3 aromatic rings. The molecule has 2 heterocycles. The summed E-state index contributed by atoms with van der Waals surface area (Å²) >= 11 is 1.72. The fourth-order valence-corrected chi connectivity index (χ4v) is 4.03. The molecule has 0 atom stereocenters. The number of amides is 1. The Kier molecular flexibility index (Phi) is 5.07. The maximum Gasteiger partial charge on any atom is 0.344 e. The number of hydrogen-bond donors (Lipinski definition) is 0. The van der Waals surface area contributed by atoms with Crippen molar-refractivity contribution in [1.29, 1.82) is 0 Å². The Hall–Kier alpha value is -2.86. The van der Waals surface area contributed by atoms with Gasteiger partial charge < -0.3 is 14.4 Å². The Morgan fingerprint density at radius 1 is 1.04 bits per heavy atom. The van der Waals surface area contributed by atoms with Crippen molar-refractivity contribution in [2.75, 3.05) is 19.8 Å². The van der Waals surface area contributed by atoms with Crippen LogP contribution in [0.5, 0.6) is 5.75 Å². The lowest BCUT2D eigenvalue weighted by Crippen LogP contribution is -2.38. The van der Waals surface area contributed by atoms with Gasteiger partial charge in [-0.15, -0.1) is 11.3 Å². The first-order valence-corrected chi connectivity index (χ1v) is 9.67. The summed E-state index contributed by atoms with van der Waals surface area (Å²) in [6, 6.07) is 15.6. The van der Waals surface area contributed by atoms with Gasteiger partial charge in [0.2, 0.25) is 0 Å². The molecule has 0 unspecified atom stereocenters. The topological polar surface area (TPSA) is 55.8 Å². The lowest BCUT2D eigenvalue weighted by Gasteiger charge is -2.26. The van der Waals surface area contributed by atoms with Crippen LogP contribution in [0.3, 0.4) is 0 Å². The van der Waals surface area contributed by atoms with E-state index in [4.69, 9.17) is 9.47 Å². The molecule has 0 saturated heterocycles. The largest absolute Gasteiger partial charge is 0.482 e. The van der Waals surface area contributed by atoms with Gasteiger partial charge in [0, 0.05) is 18.0 Å². The van der Waals surface area contributed by atoms with Crippen LogP contribution < -0.4 is 4.74 Å². The molecule has 1 aliphatic heterocycles. The molecule has 1 amide bonds. The normalized spacial score (nSPS) is 13.3. The van der Waals surface area contributed by atoms with E-state index in [9.17, 15) is 9.59 Å². The minimum Gasteiger partial charge on any atom is -0.482 e. The molecular formula is C21H19NO4S. The standard InChI is InChI=1S/C21H19NO4S/c23-20(22-9-7-19-17(12-22)8-10-27-19)13-26-21(24)14-25-18-6-5-15-3-1-2-4-16(15)11-18/h1-6,8,10-11H,7,9,12-14H2. The summed E-state index contributed by atoms with van der Waals surface area (Å²) < 4.78 is 10.6. The highest BCUT2D eigenvalue weighted by atomic mass is 32.1. The lowest BCUT2D eigenvalue weighted by molar-refractivity contribution is -0.154.